The van der Waals surface area contributed by atoms with Gasteiger partial charge in [0.25, 0.3) is 5.91 Å². The Morgan fingerprint density at radius 2 is 1.69 bits per heavy atom. The third kappa shape index (κ3) is 4.96. The number of rotatable bonds is 5. The van der Waals surface area contributed by atoms with E-state index in [9.17, 15) is 9.59 Å². The molecule has 2 aromatic rings. The fourth-order valence-electron chi connectivity index (χ4n) is 2.58. The highest BCUT2D eigenvalue weighted by atomic mass is 35.5. The number of halogens is 1. The number of nitrogens with one attached hydrogen (secondary N) is 1. The molecule has 0 saturated carbocycles. The zero-order valence-electron chi connectivity index (χ0n) is 14.3. The molecule has 1 N–H and O–H groups in total. The van der Waals surface area contributed by atoms with Gasteiger partial charge in [-0.05, 0) is 42.0 Å². The van der Waals surface area contributed by atoms with Gasteiger partial charge in [-0.25, -0.2) is 0 Å². The average molecular weight is 407 g/mol. The van der Waals surface area contributed by atoms with Gasteiger partial charge in [-0.2, -0.15) is 0 Å². The van der Waals surface area contributed by atoms with Crippen molar-refractivity contribution in [2.45, 2.75) is 4.58 Å². The Kier molecular flexibility index (Phi) is 6.51. The standard InChI is InChI=1S/C19H19ClN2O2S2/c1-22(12-17(23)21-16-8-6-15(20)7-9-16)18(24)13-2-4-14(5-3-13)19-25-10-11-26-19/h2-9,19H,10-12H2,1H3,(H,21,23). The number of hydrogen-bond acceptors (Lipinski definition) is 4. The van der Waals surface area contributed by atoms with Crippen molar-refractivity contribution in [1.82, 2.24) is 4.90 Å². The van der Waals surface area contributed by atoms with Crippen LogP contribution in [0.3, 0.4) is 0 Å². The molecule has 26 heavy (non-hydrogen) atoms. The molecule has 0 atom stereocenters. The quantitative estimate of drug-likeness (QED) is 0.792. The molecule has 2 aromatic carbocycles. The lowest BCUT2D eigenvalue weighted by Gasteiger charge is -2.17. The van der Waals surface area contributed by atoms with Crippen LogP contribution in [-0.4, -0.2) is 41.8 Å². The number of benzene rings is 2. The van der Waals surface area contributed by atoms with Crippen molar-refractivity contribution in [3.8, 4) is 0 Å². The molecule has 136 valence electrons. The molecule has 1 saturated heterocycles. The summed E-state index contributed by atoms with van der Waals surface area (Å²) in [7, 11) is 1.63. The summed E-state index contributed by atoms with van der Waals surface area (Å²) < 4.78 is 0.460. The normalized spacial score (nSPS) is 14.2. The number of carbonyl (C=O) groups excluding carboxylic acids is 2. The summed E-state index contributed by atoms with van der Waals surface area (Å²) in [5.41, 5.74) is 2.47. The molecular formula is C19H19ClN2O2S2. The van der Waals surface area contributed by atoms with Crippen LogP contribution >= 0.6 is 35.1 Å². The van der Waals surface area contributed by atoms with Crippen LogP contribution in [-0.2, 0) is 4.79 Å². The molecule has 1 heterocycles. The van der Waals surface area contributed by atoms with E-state index in [1.54, 1.807) is 31.3 Å². The van der Waals surface area contributed by atoms with Gasteiger partial charge < -0.3 is 10.2 Å². The van der Waals surface area contributed by atoms with Crippen molar-refractivity contribution >= 4 is 52.6 Å². The topological polar surface area (TPSA) is 49.4 Å². The first-order valence-electron chi connectivity index (χ1n) is 8.17. The van der Waals surface area contributed by atoms with Crippen LogP contribution in [0.5, 0.6) is 0 Å². The van der Waals surface area contributed by atoms with Crippen LogP contribution in [0.25, 0.3) is 0 Å². The molecule has 3 rings (SSSR count). The second-order valence-corrected chi connectivity index (χ2v) is 9.07. The third-order valence-electron chi connectivity index (χ3n) is 3.91. The molecule has 0 aliphatic carbocycles. The highest BCUT2D eigenvalue weighted by Crippen LogP contribution is 2.45. The second kappa shape index (κ2) is 8.84. The maximum absolute atomic E-state index is 12.5. The van der Waals surface area contributed by atoms with Gasteiger partial charge in [-0.3, -0.25) is 9.59 Å². The van der Waals surface area contributed by atoms with Crippen LogP contribution in [0.15, 0.2) is 48.5 Å². The highest BCUT2D eigenvalue weighted by molar-refractivity contribution is 8.19. The van der Waals surface area contributed by atoms with Gasteiger partial charge in [0.05, 0.1) is 11.1 Å². The monoisotopic (exact) mass is 406 g/mol. The molecule has 0 radical (unpaired) electrons. The van der Waals surface area contributed by atoms with E-state index in [1.807, 2.05) is 47.8 Å². The Morgan fingerprint density at radius 1 is 1.08 bits per heavy atom. The SMILES string of the molecule is CN(CC(=O)Nc1ccc(Cl)cc1)C(=O)c1ccc(C2SCCS2)cc1. The Bertz CT molecular complexity index is 775. The van der Waals surface area contributed by atoms with Crippen molar-refractivity contribution in [2.75, 3.05) is 30.4 Å². The molecule has 2 amide bonds. The first kappa shape index (κ1) is 19.1. The summed E-state index contributed by atoms with van der Waals surface area (Å²) in [5.74, 6) is 1.91. The summed E-state index contributed by atoms with van der Waals surface area (Å²) in [6.45, 7) is -0.0163. The fraction of sp³-hybridized carbons (Fsp3) is 0.263. The zero-order chi connectivity index (χ0) is 18.5. The largest absolute Gasteiger partial charge is 0.332 e. The summed E-state index contributed by atoms with van der Waals surface area (Å²) in [6.07, 6.45) is 0. The fourth-order valence-corrected chi connectivity index (χ4v) is 5.56. The third-order valence-corrected chi connectivity index (χ3v) is 7.26. The Labute approximate surface area is 166 Å². The summed E-state index contributed by atoms with van der Waals surface area (Å²) in [5, 5.41) is 3.36. The second-order valence-electron chi connectivity index (χ2n) is 5.91. The van der Waals surface area contributed by atoms with Gasteiger partial charge in [0, 0.05) is 34.8 Å². The van der Waals surface area contributed by atoms with Gasteiger partial charge in [0.1, 0.15) is 0 Å². The van der Waals surface area contributed by atoms with E-state index in [4.69, 9.17) is 11.6 Å². The average Bonchev–Trinajstić information content (AvgIpc) is 3.18. The van der Waals surface area contributed by atoms with E-state index in [0.717, 1.165) is 0 Å². The minimum Gasteiger partial charge on any atom is -0.332 e. The summed E-state index contributed by atoms with van der Waals surface area (Å²) in [4.78, 5) is 26.1. The van der Waals surface area contributed by atoms with Gasteiger partial charge in [0.15, 0.2) is 0 Å². The van der Waals surface area contributed by atoms with Gasteiger partial charge in [0.2, 0.25) is 5.91 Å². The predicted octanol–water partition coefficient (Wildman–Crippen LogP) is 4.53. The maximum atomic E-state index is 12.5. The van der Waals surface area contributed by atoms with Crippen LogP contribution < -0.4 is 5.32 Å². The van der Waals surface area contributed by atoms with E-state index >= 15 is 0 Å². The number of thioether (sulfide) groups is 2. The van der Waals surface area contributed by atoms with E-state index in [2.05, 4.69) is 5.32 Å². The number of likely N-dealkylation sites (N-methyl/N-ethyl adjacent to an activating group) is 1. The van der Waals surface area contributed by atoms with Crippen molar-refractivity contribution in [2.24, 2.45) is 0 Å². The summed E-state index contributed by atoms with van der Waals surface area (Å²) >= 11 is 9.69. The van der Waals surface area contributed by atoms with Crippen molar-refractivity contribution < 1.29 is 9.59 Å². The minimum absolute atomic E-state index is 0.0163. The van der Waals surface area contributed by atoms with E-state index in [0.29, 0.717) is 20.9 Å². The lowest BCUT2D eigenvalue weighted by atomic mass is 10.1. The lowest BCUT2D eigenvalue weighted by molar-refractivity contribution is -0.116. The van der Waals surface area contributed by atoms with Gasteiger partial charge >= 0.3 is 0 Å². The van der Waals surface area contributed by atoms with E-state index < -0.39 is 0 Å². The first-order valence-corrected chi connectivity index (χ1v) is 10.6. The predicted molar refractivity (Wildman–Crippen MR) is 111 cm³/mol. The number of anilines is 1. The Morgan fingerprint density at radius 3 is 2.31 bits per heavy atom. The Hall–Kier alpha value is -1.63. The molecule has 1 aliphatic heterocycles. The molecule has 7 heteroatoms. The number of carbonyl (C=O) groups is 2. The molecule has 0 unspecified atom stereocenters. The first-order chi connectivity index (χ1) is 12.5. The maximum Gasteiger partial charge on any atom is 0.254 e. The van der Waals surface area contributed by atoms with E-state index in [1.165, 1.54) is 22.0 Å². The van der Waals surface area contributed by atoms with Crippen molar-refractivity contribution in [3.05, 3.63) is 64.7 Å². The zero-order valence-corrected chi connectivity index (χ0v) is 16.7. The number of nitrogens with zero attached hydrogens (tertiary/aromatic N) is 1. The van der Waals surface area contributed by atoms with Crippen molar-refractivity contribution in [1.29, 1.82) is 0 Å². The molecule has 0 aromatic heterocycles. The van der Waals surface area contributed by atoms with Crippen LogP contribution in [0.1, 0.15) is 20.5 Å². The lowest BCUT2D eigenvalue weighted by Crippen LogP contribution is -2.34. The van der Waals surface area contributed by atoms with Gasteiger partial charge in [-0.15, -0.1) is 23.5 Å². The molecule has 0 bridgehead atoms. The molecule has 0 spiro atoms. The molecule has 1 aliphatic rings. The van der Waals surface area contributed by atoms with Crippen molar-refractivity contribution in [3.63, 3.8) is 0 Å². The van der Waals surface area contributed by atoms with E-state index in [-0.39, 0.29) is 18.4 Å². The molecule has 4 nitrogen and oxygen atoms in total. The highest BCUT2D eigenvalue weighted by Gasteiger charge is 2.19. The molecule has 1 fully saturated rings. The number of hydrogen-bond donors (Lipinski definition) is 1. The van der Waals surface area contributed by atoms with Crippen LogP contribution in [0, 0.1) is 0 Å². The minimum atomic E-state index is -0.251. The molecular weight excluding hydrogens is 388 g/mol. The Balaban J connectivity index is 1.56. The summed E-state index contributed by atoms with van der Waals surface area (Å²) in [6, 6.07) is 14.5. The number of amides is 2. The van der Waals surface area contributed by atoms with Gasteiger partial charge in [-0.1, -0.05) is 23.7 Å². The van der Waals surface area contributed by atoms with Crippen LogP contribution in [0.4, 0.5) is 5.69 Å². The smallest absolute Gasteiger partial charge is 0.254 e. The van der Waals surface area contributed by atoms with Crippen LogP contribution in [0.2, 0.25) is 5.02 Å².